The Hall–Kier alpha value is -0.610. The van der Waals surface area contributed by atoms with Gasteiger partial charge in [0.25, 0.3) is 0 Å². The van der Waals surface area contributed by atoms with Gasteiger partial charge in [-0.25, -0.2) is 4.98 Å². The normalized spacial score (nSPS) is 15.1. The maximum Gasteiger partial charge on any atom is 0.185 e. The lowest BCUT2D eigenvalue weighted by Crippen LogP contribution is -2.28. The predicted octanol–water partition coefficient (Wildman–Crippen LogP) is 4.00. The number of hydrogen-bond donors (Lipinski definition) is 1. The fourth-order valence-electron chi connectivity index (χ4n) is 2.65. The van der Waals surface area contributed by atoms with Crippen molar-refractivity contribution in [2.75, 3.05) is 25.0 Å². The lowest BCUT2D eigenvalue weighted by atomic mass is 10.0. The van der Waals surface area contributed by atoms with Gasteiger partial charge in [0.1, 0.15) is 0 Å². The molecule has 114 valence electrons. The SMILES string of the molecule is CCC(CC)CN(CC)c1nc(C2CC2)c(CNC)s1. The lowest BCUT2D eigenvalue weighted by molar-refractivity contribution is 0.485. The molecule has 2 rings (SSSR count). The standard InChI is InChI=1S/C16H29N3S/c1-5-12(6-2)11-19(7-3)16-18-15(13-8-9-13)14(20-16)10-17-4/h12-13,17H,5-11H2,1-4H3. The van der Waals surface area contributed by atoms with E-state index in [0.717, 1.165) is 31.5 Å². The van der Waals surface area contributed by atoms with Crippen molar-refractivity contribution in [1.82, 2.24) is 10.3 Å². The molecular weight excluding hydrogens is 266 g/mol. The fourth-order valence-corrected chi connectivity index (χ4v) is 3.88. The monoisotopic (exact) mass is 295 g/mol. The van der Waals surface area contributed by atoms with Gasteiger partial charge < -0.3 is 10.2 Å². The molecule has 1 N–H and O–H groups in total. The number of rotatable bonds is 9. The van der Waals surface area contributed by atoms with Crippen molar-refractivity contribution in [2.24, 2.45) is 5.92 Å². The third kappa shape index (κ3) is 3.73. The minimum Gasteiger partial charge on any atom is -0.348 e. The van der Waals surface area contributed by atoms with E-state index >= 15 is 0 Å². The molecule has 0 aromatic carbocycles. The molecule has 0 atom stereocenters. The molecule has 0 amide bonds. The Kier molecular flexibility index (Phi) is 5.85. The topological polar surface area (TPSA) is 28.2 Å². The largest absolute Gasteiger partial charge is 0.348 e. The number of nitrogens with one attached hydrogen (secondary N) is 1. The Morgan fingerprint density at radius 2 is 2.00 bits per heavy atom. The molecule has 0 aliphatic heterocycles. The Morgan fingerprint density at radius 3 is 2.50 bits per heavy atom. The van der Waals surface area contributed by atoms with Gasteiger partial charge in [-0.05, 0) is 32.7 Å². The molecule has 1 aromatic rings. The minimum atomic E-state index is 0.746. The van der Waals surface area contributed by atoms with E-state index in [9.17, 15) is 0 Å². The molecule has 3 nitrogen and oxygen atoms in total. The van der Waals surface area contributed by atoms with Crippen molar-refractivity contribution >= 4 is 16.5 Å². The van der Waals surface area contributed by atoms with Crippen LogP contribution in [0.2, 0.25) is 0 Å². The molecule has 0 spiro atoms. The zero-order chi connectivity index (χ0) is 14.5. The molecule has 0 saturated heterocycles. The van der Waals surface area contributed by atoms with Gasteiger partial charge in [-0.2, -0.15) is 0 Å². The van der Waals surface area contributed by atoms with E-state index in [4.69, 9.17) is 4.98 Å². The second kappa shape index (κ2) is 7.41. The van der Waals surface area contributed by atoms with Gasteiger partial charge in [0, 0.05) is 30.4 Å². The number of aromatic nitrogens is 1. The highest BCUT2D eigenvalue weighted by Crippen LogP contribution is 2.44. The summed E-state index contributed by atoms with van der Waals surface area (Å²) < 4.78 is 0. The van der Waals surface area contributed by atoms with Crippen LogP contribution in [0.15, 0.2) is 0 Å². The van der Waals surface area contributed by atoms with E-state index in [1.165, 1.54) is 41.4 Å². The maximum atomic E-state index is 4.99. The predicted molar refractivity (Wildman–Crippen MR) is 88.8 cm³/mol. The van der Waals surface area contributed by atoms with Gasteiger partial charge in [-0.15, -0.1) is 11.3 Å². The zero-order valence-corrected chi connectivity index (χ0v) is 14.2. The van der Waals surface area contributed by atoms with E-state index < -0.39 is 0 Å². The van der Waals surface area contributed by atoms with Gasteiger partial charge in [-0.1, -0.05) is 26.7 Å². The molecule has 20 heavy (non-hydrogen) atoms. The van der Waals surface area contributed by atoms with Crippen LogP contribution in [0.3, 0.4) is 0 Å². The van der Waals surface area contributed by atoms with Crippen molar-refractivity contribution < 1.29 is 0 Å². The van der Waals surface area contributed by atoms with E-state index in [0.29, 0.717) is 0 Å². The molecule has 1 heterocycles. The summed E-state index contributed by atoms with van der Waals surface area (Å²) in [4.78, 5) is 8.92. The van der Waals surface area contributed by atoms with Crippen molar-refractivity contribution in [1.29, 1.82) is 0 Å². The fraction of sp³-hybridized carbons (Fsp3) is 0.812. The number of anilines is 1. The van der Waals surface area contributed by atoms with E-state index in [2.05, 4.69) is 31.0 Å². The molecule has 1 saturated carbocycles. The summed E-state index contributed by atoms with van der Waals surface area (Å²) in [6.45, 7) is 10.0. The molecule has 0 unspecified atom stereocenters. The first kappa shape index (κ1) is 15.8. The first-order valence-corrected chi connectivity index (χ1v) is 8.94. The number of hydrogen-bond acceptors (Lipinski definition) is 4. The highest BCUT2D eigenvalue weighted by atomic mass is 32.1. The van der Waals surface area contributed by atoms with Crippen molar-refractivity contribution in [2.45, 2.75) is 58.9 Å². The van der Waals surface area contributed by atoms with Crippen molar-refractivity contribution in [3.05, 3.63) is 10.6 Å². The average molecular weight is 295 g/mol. The summed E-state index contributed by atoms with van der Waals surface area (Å²) >= 11 is 1.90. The molecule has 1 fully saturated rings. The summed E-state index contributed by atoms with van der Waals surface area (Å²) in [6.07, 6.45) is 5.19. The molecule has 1 aliphatic carbocycles. The third-order valence-electron chi connectivity index (χ3n) is 4.30. The minimum absolute atomic E-state index is 0.746. The van der Waals surface area contributed by atoms with Gasteiger partial charge >= 0.3 is 0 Å². The first-order chi connectivity index (χ1) is 9.73. The van der Waals surface area contributed by atoms with Crippen LogP contribution >= 0.6 is 11.3 Å². The number of thiazole rings is 1. The van der Waals surface area contributed by atoms with Gasteiger partial charge in [0.05, 0.1) is 5.69 Å². The van der Waals surface area contributed by atoms with Crippen LogP contribution < -0.4 is 10.2 Å². The molecule has 1 aliphatic rings. The summed E-state index contributed by atoms with van der Waals surface area (Å²) in [7, 11) is 2.03. The average Bonchev–Trinajstić information content (AvgIpc) is 3.23. The summed E-state index contributed by atoms with van der Waals surface area (Å²) in [5.74, 6) is 1.53. The quantitative estimate of drug-likeness (QED) is 0.746. The van der Waals surface area contributed by atoms with Crippen molar-refractivity contribution in [3.8, 4) is 0 Å². The smallest absolute Gasteiger partial charge is 0.185 e. The Bertz CT molecular complexity index is 408. The van der Waals surface area contributed by atoms with E-state index in [1.54, 1.807) is 0 Å². The second-order valence-corrected chi connectivity index (χ2v) is 6.89. The Balaban J connectivity index is 2.14. The van der Waals surface area contributed by atoms with Crippen molar-refractivity contribution in [3.63, 3.8) is 0 Å². The lowest BCUT2D eigenvalue weighted by Gasteiger charge is -2.24. The van der Waals surface area contributed by atoms with Crippen LogP contribution in [0.25, 0.3) is 0 Å². The first-order valence-electron chi connectivity index (χ1n) is 8.12. The van der Waals surface area contributed by atoms with Gasteiger partial charge in [0.2, 0.25) is 0 Å². The van der Waals surface area contributed by atoms with Crippen LogP contribution in [0.5, 0.6) is 0 Å². The Labute approximate surface area is 127 Å². The van der Waals surface area contributed by atoms with Gasteiger partial charge in [-0.3, -0.25) is 0 Å². The Morgan fingerprint density at radius 1 is 1.30 bits per heavy atom. The highest BCUT2D eigenvalue weighted by molar-refractivity contribution is 7.15. The number of nitrogens with zero attached hydrogens (tertiary/aromatic N) is 2. The van der Waals surface area contributed by atoms with Crippen LogP contribution in [-0.2, 0) is 6.54 Å². The van der Waals surface area contributed by atoms with Crippen LogP contribution in [-0.4, -0.2) is 25.1 Å². The third-order valence-corrected chi connectivity index (χ3v) is 5.44. The van der Waals surface area contributed by atoms with Crippen LogP contribution in [0.4, 0.5) is 5.13 Å². The van der Waals surface area contributed by atoms with Crippen LogP contribution in [0.1, 0.15) is 62.9 Å². The summed E-state index contributed by atoms with van der Waals surface area (Å²) in [5, 5.41) is 4.53. The molecule has 1 aromatic heterocycles. The van der Waals surface area contributed by atoms with E-state index in [-0.39, 0.29) is 0 Å². The second-order valence-electron chi connectivity index (χ2n) is 5.83. The van der Waals surface area contributed by atoms with Crippen LogP contribution in [0, 0.1) is 5.92 Å². The summed E-state index contributed by atoms with van der Waals surface area (Å²) in [5.41, 5.74) is 1.38. The zero-order valence-electron chi connectivity index (χ0n) is 13.4. The maximum absolute atomic E-state index is 4.99. The van der Waals surface area contributed by atoms with E-state index in [1.807, 2.05) is 18.4 Å². The highest BCUT2D eigenvalue weighted by Gasteiger charge is 2.30. The summed E-state index contributed by atoms with van der Waals surface area (Å²) in [6, 6.07) is 0. The molecule has 0 bridgehead atoms. The molecule has 4 heteroatoms. The van der Waals surface area contributed by atoms with Gasteiger partial charge in [0.15, 0.2) is 5.13 Å². The molecule has 0 radical (unpaired) electrons. The molecular formula is C16H29N3S.